The van der Waals surface area contributed by atoms with E-state index in [0.717, 1.165) is 80.5 Å². The molecule has 2 aromatic heterocycles. The maximum absolute atomic E-state index is 12.9. The van der Waals surface area contributed by atoms with Gasteiger partial charge in [0.2, 0.25) is 5.91 Å². The monoisotopic (exact) mass is 667 g/mol. The highest BCUT2D eigenvalue weighted by Gasteiger charge is 2.37. The van der Waals surface area contributed by atoms with Crippen LogP contribution in [0.2, 0.25) is 0 Å². The zero-order valence-corrected chi connectivity index (χ0v) is 29.6. The molecule has 10 heteroatoms. The second kappa shape index (κ2) is 13.5. The van der Waals surface area contributed by atoms with Crippen LogP contribution in [0.3, 0.4) is 0 Å². The van der Waals surface area contributed by atoms with Crippen molar-refractivity contribution in [2.75, 3.05) is 18.0 Å². The SMILES string of the molecule is Cc1nc2cc3nn2c(c1[C@H](OC(C)(C)C)C(=O)O)N1CCC(C)(CCCCCC(C)Oc2ccc(C(N)=O)cc2-c2cccc-3c2)CC1. The first-order valence-electron chi connectivity index (χ1n) is 17.5. The van der Waals surface area contributed by atoms with Crippen LogP contribution in [0.15, 0.2) is 48.5 Å². The zero-order chi connectivity index (χ0) is 35.1. The first kappa shape index (κ1) is 34.4. The molecular weight excluding hydrogens is 618 g/mol. The summed E-state index contributed by atoms with van der Waals surface area (Å²) in [6.07, 6.45) is 6.16. The van der Waals surface area contributed by atoms with Crippen molar-refractivity contribution in [3.05, 3.63) is 65.4 Å². The van der Waals surface area contributed by atoms with Gasteiger partial charge in [-0.2, -0.15) is 9.61 Å². The summed E-state index contributed by atoms with van der Waals surface area (Å²) in [5.74, 6) is -0.151. The number of amides is 1. The number of hydrogen-bond acceptors (Lipinski definition) is 7. The summed E-state index contributed by atoms with van der Waals surface area (Å²) in [7, 11) is 0. The molecule has 3 N–H and O–H groups in total. The number of aliphatic carboxylic acids is 1. The topological polar surface area (TPSA) is 132 Å². The Morgan fingerprint density at radius 1 is 1.04 bits per heavy atom. The molecular formula is C39H49N5O5. The van der Waals surface area contributed by atoms with Crippen molar-refractivity contribution in [1.29, 1.82) is 0 Å². The predicted molar refractivity (Wildman–Crippen MR) is 191 cm³/mol. The van der Waals surface area contributed by atoms with E-state index >= 15 is 0 Å². The van der Waals surface area contributed by atoms with Crippen molar-refractivity contribution in [2.45, 2.75) is 104 Å². The number of nitrogens with two attached hydrogens (primary N) is 1. The van der Waals surface area contributed by atoms with Gasteiger partial charge < -0.3 is 25.2 Å². The molecule has 3 aliphatic rings. The average Bonchev–Trinajstić information content (AvgIpc) is 3.46. The number of anilines is 1. The van der Waals surface area contributed by atoms with Crippen LogP contribution in [-0.4, -0.2) is 56.4 Å². The van der Waals surface area contributed by atoms with Gasteiger partial charge in [0.05, 0.1) is 23.0 Å². The molecule has 5 heterocycles. The molecule has 0 aliphatic carbocycles. The number of aromatic nitrogens is 3. The van der Waals surface area contributed by atoms with Gasteiger partial charge in [0, 0.05) is 41.5 Å². The lowest BCUT2D eigenvalue weighted by molar-refractivity contribution is -0.160. The molecule has 260 valence electrons. The maximum atomic E-state index is 12.9. The van der Waals surface area contributed by atoms with Crippen molar-refractivity contribution in [3.63, 3.8) is 0 Å². The fourth-order valence-electron chi connectivity index (χ4n) is 7.26. The van der Waals surface area contributed by atoms with Crippen LogP contribution in [0.5, 0.6) is 5.75 Å². The number of fused-ring (bicyclic) bond motifs is 8. The minimum atomic E-state index is -1.22. The van der Waals surface area contributed by atoms with Crippen molar-refractivity contribution in [1.82, 2.24) is 14.6 Å². The highest BCUT2D eigenvalue weighted by atomic mass is 16.5. The van der Waals surface area contributed by atoms with E-state index in [0.29, 0.717) is 33.9 Å². The first-order chi connectivity index (χ1) is 23.2. The minimum Gasteiger partial charge on any atom is -0.490 e. The number of ether oxygens (including phenoxy) is 2. The second-order valence-corrected chi connectivity index (χ2v) is 15.2. The first-order valence-corrected chi connectivity index (χ1v) is 17.5. The number of piperidine rings is 1. The Bertz CT molecular complexity index is 1870. The predicted octanol–water partition coefficient (Wildman–Crippen LogP) is 7.75. The van der Waals surface area contributed by atoms with Gasteiger partial charge in [-0.05, 0) is 102 Å². The summed E-state index contributed by atoms with van der Waals surface area (Å²) >= 11 is 0. The Kier molecular flexibility index (Phi) is 9.46. The van der Waals surface area contributed by atoms with E-state index in [9.17, 15) is 14.7 Å². The number of carbonyl (C=O) groups is 2. The normalized spacial score (nSPS) is 20.9. The lowest BCUT2D eigenvalue weighted by Gasteiger charge is -2.41. The van der Waals surface area contributed by atoms with Gasteiger partial charge >= 0.3 is 5.97 Å². The number of aryl methyl sites for hydroxylation is 1. The number of rotatable bonds is 4. The fraction of sp³-hybridized carbons (Fsp3) is 0.487. The summed E-state index contributed by atoms with van der Waals surface area (Å²) in [6, 6.07) is 15.2. The molecule has 10 nitrogen and oxygen atoms in total. The van der Waals surface area contributed by atoms with Crippen LogP contribution < -0.4 is 15.4 Å². The third kappa shape index (κ3) is 7.44. The summed E-state index contributed by atoms with van der Waals surface area (Å²) in [5, 5.41) is 15.6. The van der Waals surface area contributed by atoms with Crippen molar-refractivity contribution in [2.24, 2.45) is 11.1 Å². The van der Waals surface area contributed by atoms with E-state index < -0.39 is 23.6 Å². The number of benzene rings is 2. The van der Waals surface area contributed by atoms with Gasteiger partial charge in [0.25, 0.3) is 0 Å². The van der Waals surface area contributed by atoms with E-state index in [1.807, 2.05) is 64.1 Å². The van der Waals surface area contributed by atoms with Gasteiger partial charge in [-0.3, -0.25) is 4.79 Å². The van der Waals surface area contributed by atoms with E-state index in [1.54, 1.807) is 16.6 Å². The highest BCUT2D eigenvalue weighted by molar-refractivity contribution is 5.95. The average molecular weight is 668 g/mol. The third-order valence-electron chi connectivity index (χ3n) is 9.98. The van der Waals surface area contributed by atoms with Crippen LogP contribution in [0.25, 0.3) is 28.0 Å². The van der Waals surface area contributed by atoms with Crippen molar-refractivity contribution in [3.8, 4) is 28.1 Å². The number of hydrogen-bond donors (Lipinski definition) is 2. The molecule has 0 radical (unpaired) electrons. The second-order valence-electron chi connectivity index (χ2n) is 15.2. The van der Waals surface area contributed by atoms with Gasteiger partial charge in [-0.1, -0.05) is 38.0 Å². The quantitative estimate of drug-likeness (QED) is 0.226. The van der Waals surface area contributed by atoms with Gasteiger partial charge in [-0.25, -0.2) is 9.78 Å². The summed E-state index contributed by atoms with van der Waals surface area (Å²) in [4.78, 5) is 32.3. The van der Waals surface area contributed by atoms with E-state index in [-0.39, 0.29) is 11.5 Å². The van der Waals surface area contributed by atoms with Crippen molar-refractivity contribution >= 4 is 23.3 Å². The van der Waals surface area contributed by atoms with Gasteiger partial charge in [0.15, 0.2) is 11.8 Å². The summed E-state index contributed by atoms with van der Waals surface area (Å²) < 4.78 is 14.5. The number of primary amides is 1. The highest BCUT2D eigenvalue weighted by Crippen LogP contribution is 2.42. The molecule has 2 atom stereocenters. The molecule has 6 bridgehead atoms. The molecule has 49 heavy (non-hydrogen) atoms. The van der Waals surface area contributed by atoms with Crippen LogP contribution in [0.1, 0.15) is 107 Å². The smallest absolute Gasteiger partial charge is 0.337 e. The Hall–Kier alpha value is -4.44. The molecule has 2 aromatic carbocycles. The van der Waals surface area contributed by atoms with Crippen molar-refractivity contribution < 1.29 is 24.2 Å². The standard InChI is InChI=1S/C39H49N5O5/c1-24-11-8-7-9-16-39(6)17-19-43(20-18-39)36-33(34(37(46)47)49-38(3,4)5)25(2)41-32-23-30(42-44(32)36)27-13-10-12-26(21-27)29-22-28(35(40)45)14-15-31(29)48-24/h10,12-15,21-24,34H,7-9,11,16-20H2,1-6H3,(H2,40,45)(H,46,47)/t24?,34-/m0/s1. The largest absolute Gasteiger partial charge is 0.490 e. The molecule has 1 amide bonds. The minimum absolute atomic E-state index is 0.00282. The third-order valence-corrected chi connectivity index (χ3v) is 9.98. The molecule has 0 saturated carbocycles. The number of carboxylic acids is 1. The van der Waals surface area contributed by atoms with Gasteiger partial charge in [0.1, 0.15) is 11.6 Å². The van der Waals surface area contributed by atoms with Crippen LogP contribution >= 0.6 is 0 Å². The number of nitrogens with zero attached hydrogens (tertiary/aromatic N) is 4. The molecule has 0 spiro atoms. The fourth-order valence-corrected chi connectivity index (χ4v) is 7.26. The lowest BCUT2D eigenvalue weighted by Crippen LogP contribution is -2.41. The Labute approximate surface area is 288 Å². The van der Waals surface area contributed by atoms with Crippen LogP contribution in [-0.2, 0) is 9.53 Å². The van der Waals surface area contributed by atoms with E-state index in [4.69, 9.17) is 25.3 Å². The Balaban J connectivity index is 1.54. The number of carboxylic acid groups (broad SMARTS) is 1. The lowest BCUT2D eigenvalue weighted by atomic mass is 9.76. The molecule has 1 fully saturated rings. The Morgan fingerprint density at radius 2 is 1.78 bits per heavy atom. The van der Waals surface area contributed by atoms with Crippen LogP contribution in [0, 0.1) is 12.3 Å². The molecule has 1 saturated heterocycles. The molecule has 4 aromatic rings. The number of carbonyl (C=O) groups excluding carboxylic acids is 1. The van der Waals surface area contributed by atoms with E-state index in [2.05, 4.69) is 18.7 Å². The maximum Gasteiger partial charge on any atom is 0.337 e. The van der Waals surface area contributed by atoms with Crippen LogP contribution in [0.4, 0.5) is 5.82 Å². The Morgan fingerprint density at radius 3 is 2.47 bits per heavy atom. The zero-order valence-electron chi connectivity index (χ0n) is 29.6. The molecule has 3 aliphatic heterocycles. The molecule has 1 unspecified atom stereocenters. The summed E-state index contributed by atoms with van der Waals surface area (Å²) in [5.41, 5.74) is 10.5. The van der Waals surface area contributed by atoms with Gasteiger partial charge in [-0.15, -0.1) is 0 Å². The molecule has 7 rings (SSSR count). The van der Waals surface area contributed by atoms with E-state index in [1.165, 1.54) is 0 Å². The summed E-state index contributed by atoms with van der Waals surface area (Å²) in [6.45, 7) is 13.5.